The number of amides is 2. The van der Waals surface area contributed by atoms with Crippen molar-refractivity contribution in [3.8, 4) is 11.3 Å². The van der Waals surface area contributed by atoms with Gasteiger partial charge in [0, 0.05) is 16.3 Å². The molecule has 0 saturated carbocycles. The first-order chi connectivity index (χ1) is 12.7. The molecule has 27 heavy (non-hydrogen) atoms. The number of carbonyl (C=O) groups is 1. The molecule has 1 aromatic heterocycles. The fourth-order valence-electron chi connectivity index (χ4n) is 2.76. The van der Waals surface area contributed by atoms with Gasteiger partial charge in [0.2, 0.25) is 0 Å². The Balaban J connectivity index is 1.81. The van der Waals surface area contributed by atoms with Crippen molar-refractivity contribution in [1.82, 2.24) is 10.2 Å². The van der Waals surface area contributed by atoms with E-state index in [1.807, 2.05) is 19.1 Å². The standard InChI is InChI=1S/C21H23ClN4O/c1-13-18(24-20(27)23-17-7-5-6-16(22)12-17)19(26-25-13)14-8-10-15(11-9-14)21(2,3)4/h5-12H,1-4H3,(H,25,26)(H2,23,24,27). The molecule has 0 fully saturated rings. The van der Waals surface area contributed by atoms with E-state index in [9.17, 15) is 4.79 Å². The number of hydrogen-bond donors (Lipinski definition) is 3. The molecule has 0 aliphatic carbocycles. The van der Waals surface area contributed by atoms with Gasteiger partial charge in [0.05, 0.1) is 11.4 Å². The number of hydrogen-bond acceptors (Lipinski definition) is 2. The minimum Gasteiger partial charge on any atom is -0.308 e. The Hall–Kier alpha value is -2.79. The molecule has 0 bridgehead atoms. The van der Waals surface area contributed by atoms with Crippen LogP contribution < -0.4 is 10.6 Å². The second-order valence-electron chi connectivity index (χ2n) is 7.49. The van der Waals surface area contributed by atoms with Crippen LogP contribution in [0.3, 0.4) is 0 Å². The van der Waals surface area contributed by atoms with Crippen molar-refractivity contribution < 1.29 is 4.79 Å². The largest absolute Gasteiger partial charge is 0.323 e. The Morgan fingerprint density at radius 3 is 2.41 bits per heavy atom. The lowest BCUT2D eigenvalue weighted by Gasteiger charge is -2.19. The molecule has 2 amide bonds. The molecule has 0 aliphatic rings. The molecule has 3 rings (SSSR count). The number of benzene rings is 2. The summed E-state index contributed by atoms with van der Waals surface area (Å²) < 4.78 is 0. The summed E-state index contributed by atoms with van der Waals surface area (Å²) in [7, 11) is 0. The molecule has 1 heterocycles. The zero-order valence-electron chi connectivity index (χ0n) is 15.9. The zero-order valence-corrected chi connectivity index (χ0v) is 16.6. The lowest BCUT2D eigenvalue weighted by atomic mass is 9.86. The van der Waals surface area contributed by atoms with E-state index >= 15 is 0 Å². The molecular weight excluding hydrogens is 360 g/mol. The second kappa shape index (κ2) is 7.45. The van der Waals surface area contributed by atoms with Crippen molar-refractivity contribution >= 4 is 29.0 Å². The van der Waals surface area contributed by atoms with Gasteiger partial charge in [-0.05, 0) is 36.1 Å². The van der Waals surface area contributed by atoms with Crippen LogP contribution in [0.1, 0.15) is 32.0 Å². The molecule has 140 valence electrons. The van der Waals surface area contributed by atoms with Gasteiger partial charge in [-0.3, -0.25) is 5.10 Å². The van der Waals surface area contributed by atoms with Gasteiger partial charge >= 0.3 is 6.03 Å². The average Bonchev–Trinajstić information content (AvgIpc) is 2.95. The first-order valence-corrected chi connectivity index (χ1v) is 9.11. The Morgan fingerprint density at radius 2 is 1.78 bits per heavy atom. The molecule has 5 nitrogen and oxygen atoms in total. The second-order valence-corrected chi connectivity index (χ2v) is 7.93. The number of H-pyrrole nitrogens is 1. The van der Waals surface area contributed by atoms with Crippen LogP contribution in [-0.4, -0.2) is 16.2 Å². The lowest BCUT2D eigenvalue weighted by molar-refractivity contribution is 0.262. The number of aromatic nitrogens is 2. The van der Waals surface area contributed by atoms with Gasteiger partial charge in [-0.25, -0.2) is 4.79 Å². The van der Waals surface area contributed by atoms with E-state index in [-0.39, 0.29) is 11.4 Å². The first-order valence-electron chi connectivity index (χ1n) is 8.73. The van der Waals surface area contributed by atoms with E-state index in [1.165, 1.54) is 5.56 Å². The number of urea groups is 1. The van der Waals surface area contributed by atoms with Crippen LogP contribution in [-0.2, 0) is 5.41 Å². The molecule has 0 saturated heterocycles. The first kappa shape index (κ1) is 19.0. The van der Waals surface area contributed by atoms with E-state index < -0.39 is 0 Å². The van der Waals surface area contributed by atoms with E-state index in [0.29, 0.717) is 22.1 Å². The smallest absolute Gasteiger partial charge is 0.308 e. The van der Waals surface area contributed by atoms with E-state index in [0.717, 1.165) is 11.3 Å². The average molecular weight is 383 g/mol. The Morgan fingerprint density at radius 1 is 1.07 bits per heavy atom. The monoisotopic (exact) mass is 382 g/mol. The third-order valence-corrected chi connectivity index (χ3v) is 4.53. The molecule has 0 radical (unpaired) electrons. The van der Waals surface area contributed by atoms with Gasteiger partial charge in [-0.2, -0.15) is 5.10 Å². The summed E-state index contributed by atoms with van der Waals surface area (Å²) in [6.07, 6.45) is 0. The van der Waals surface area contributed by atoms with Crippen LogP contribution >= 0.6 is 11.6 Å². The number of nitrogens with one attached hydrogen (secondary N) is 3. The Kier molecular flexibility index (Phi) is 5.24. The van der Waals surface area contributed by atoms with Crippen LogP contribution in [0.4, 0.5) is 16.2 Å². The fourth-order valence-corrected chi connectivity index (χ4v) is 2.95. The van der Waals surface area contributed by atoms with E-state index in [2.05, 4.69) is 53.7 Å². The predicted octanol–water partition coefficient (Wildman–Crippen LogP) is 5.98. The topological polar surface area (TPSA) is 69.8 Å². The van der Waals surface area contributed by atoms with Crippen LogP contribution in [0.25, 0.3) is 11.3 Å². The summed E-state index contributed by atoms with van der Waals surface area (Å²) in [6, 6.07) is 14.9. The van der Waals surface area contributed by atoms with Gasteiger partial charge in [0.25, 0.3) is 0 Å². The minimum atomic E-state index is -0.352. The molecular formula is C21H23ClN4O. The maximum Gasteiger partial charge on any atom is 0.323 e. The van der Waals surface area contributed by atoms with Crippen molar-refractivity contribution in [2.24, 2.45) is 0 Å². The summed E-state index contributed by atoms with van der Waals surface area (Å²) in [5.74, 6) is 0. The molecule has 0 unspecified atom stereocenters. The molecule has 2 aromatic carbocycles. The van der Waals surface area contributed by atoms with E-state index in [4.69, 9.17) is 11.6 Å². The zero-order chi connectivity index (χ0) is 19.6. The van der Waals surface area contributed by atoms with E-state index in [1.54, 1.807) is 24.3 Å². The number of aromatic amines is 1. The number of rotatable bonds is 3. The van der Waals surface area contributed by atoms with Crippen LogP contribution in [0.5, 0.6) is 0 Å². The normalized spacial score (nSPS) is 11.3. The number of anilines is 2. The highest BCUT2D eigenvalue weighted by molar-refractivity contribution is 6.30. The van der Waals surface area contributed by atoms with Crippen LogP contribution in [0.15, 0.2) is 48.5 Å². The van der Waals surface area contributed by atoms with Crippen LogP contribution in [0.2, 0.25) is 5.02 Å². The highest BCUT2D eigenvalue weighted by Gasteiger charge is 2.17. The van der Waals surface area contributed by atoms with Crippen molar-refractivity contribution in [3.63, 3.8) is 0 Å². The van der Waals surface area contributed by atoms with Crippen LogP contribution in [0, 0.1) is 6.92 Å². The number of carbonyl (C=O) groups excluding carboxylic acids is 1. The number of aryl methyl sites for hydroxylation is 1. The lowest BCUT2D eigenvalue weighted by Crippen LogP contribution is -2.20. The van der Waals surface area contributed by atoms with Crippen molar-refractivity contribution in [3.05, 3.63) is 64.8 Å². The number of halogens is 1. The summed E-state index contributed by atoms with van der Waals surface area (Å²) in [4.78, 5) is 12.4. The quantitative estimate of drug-likeness (QED) is 0.521. The van der Waals surface area contributed by atoms with Gasteiger partial charge in [0.1, 0.15) is 5.69 Å². The van der Waals surface area contributed by atoms with Crippen molar-refractivity contribution in [2.45, 2.75) is 33.1 Å². The molecule has 3 N–H and O–H groups in total. The highest BCUT2D eigenvalue weighted by Crippen LogP contribution is 2.31. The Bertz CT molecular complexity index is 955. The summed E-state index contributed by atoms with van der Waals surface area (Å²) in [5.41, 5.74) is 5.02. The molecule has 0 spiro atoms. The van der Waals surface area contributed by atoms with Gasteiger partial charge in [-0.1, -0.05) is 62.7 Å². The summed E-state index contributed by atoms with van der Waals surface area (Å²) in [6.45, 7) is 8.39. The van der Waals surface area contributed by atoms with Gasteiger partial charge in [-0.15, -0.1) is 0 Å². The third-order valence-electron chi connectivity index (χ3n) is 4.29. The molecule has 0 aliphatic heterocycles. The number of nitrogens with zero attached hydrogens (tertiary/aromatic N) is 1. The minimum absolute atomic E-state index is 0.0813. The predicted molar refractivity (Wildman–Crippen MR) is 112 cm³/mol. The maximum absolute atomic E-state index is 12.4. The van der Waals surface area contributed by atoms with Crippen molar-refractivity contribution in [1.29, 1.82) is 0 Å². The third kappa shape index (κ3) is 4.49. The molecule has 0 atom stereocenters. The maximum atomic E-state index is 12.4. The summed E-state index contributed by atoms with van der Waals surface area (Å²) >= 11 is 5.96. The molecule has 3 aromatic rings. The van der Waals surface area contributed by atoms with Gasteiger partial charge < -0.3 is 10.6 Å². The SMILES string of the molecule is Cc1[nH]nc(-c2ccc(C(C)(C)C)cc2)c1NC(=O)Nc1cccc(Cl)c1. The van der Waals surface area contributed by atoms with Crippen molar-refractivity contribution in [2.75, 3.05) is 10.6 Å². The van der Waals surface area contributed by atoms with Gasteiger partial charge in [0.15, 0.2) is 0 Å². The summed E-state index contributed by atoms with van der Waals surface area (Å²) in [5, 5.41) is 13.5. The molecule has 6 heteroatoms. The highest BCUT2D eigenvalue weighted by atomic mass is 35.5. The fraction of sp³-hybridized carbons (Fsp3) is 0.238. The Labute approximate surface area is 164 Å².